The SMILES string of the molecule is CCCCCN(C)CC(O)c1cccc(C)c1. The largest absolute Gasteiger partial charge is 0.387 e. The zero-order valence-corrected chi connectivity index (χ0v) is 11.3. The Morgan fingerprint density at radius 1 is 1.29 bits per heavy atom. The van der Waals surface area contributed by atoms with Crippen LogP contribution < -0.4 is 0 Å². The molecular weight excluding hydrogens is 210 g/mol. The maximum atomic E-state index is 10.1. The number of benzene rings is 1. The van der Waals surface area contributed by atoms with Crippen LogP contribution in [0.2, 0.25) is 0 Å². The standard InChI is InChI=1S/C15H25NO/c1-4-5-6-10-16(3)12-15(17)14-9-7-8-13(2)11-14/h7-9,11,15,17H,4-6,10,12H2,1-3H3. The van der Waals surface area contributed by atoms with Crippen LogP contribution in [0.4, 0.5) is 0 Å². The highest BCUT2D eigenvalue weighted by Gasteiger charge is 2.10. The average Bonchev–Trinajstić information content (AvgIpc) is 2.29. The fourth-order valence-electron chi connectivity index (χ4n) is 2.00. The van der Waals surface area contributed by atoms with Crippen LogP contribution in [0.15, 0.2) is 24.3 Å². The monoisotopic (exact) mass is 235 g/mol. The van der Waals surface area contributed by atoms with Gasteiger partial charge in [-0.1, -0.05) is 49.6 Å². The molecule has 1 aromatic carbocycles. The van der Waals surface area contributed by atoms with E-state index in [0.717, 1.165) is 12.1 Å². The molecule has 2 nitrogen and oxygen atoms in total. The molecule has 0 saturated carbocycles. The number of aryl methyl sites for hydroxylation is 1. The van der Waals surface area contributed by atoms with Crippen LogP contribution in [-0.4, -0.2) is 30.1 Å². The van der Waals surface area contributed by atoms with E-state index < -0.39 is 0 Å². The van der Waals surface area contributed by atoms with Gasteiger partial charge in [0, 0.05) is 6.54 Å². The summed E-state index contributed by atoms with van der Waals surface area (Å²) in [4.78, 5) is 2.21. The summed E-state index contributed by atoms with van der Waals surface area (Å²) in [6.07, 6.45) is 3.36. The van der Waals surface area contributed by atoms with E-state index in [1.807, 2.05) is 12.1 Å². The number of unbranched alkanes of at least 4 members (excludes halogenated alkanes) is 2. The van der Waals surface area contributed by atoms with Crippen LogP contribution in [0.5, 0.6) is 0 Å². The summed E-state index contributed by atoms with van der Waals surface area (Å²) in [5.74, 6) is 0. The molecule has 0 radical (unpaired) electrons. The highest BCUT2D eigenvalue weighted by molar-refractivity contribution is 5.24. The smallest absolute Gasteiger partial charge is 0.0916 e. The minimum absolute atomic E-state index is 0.374. The van der Waals surface area contributed by atoms with E-state index in [4.69, 9.17) is 0 Å². The molecular formula is C15H25NO. The van der Waals surface area contributed by atoms with Crippen molar-refractivity contribution >= 4 is 0 Å². The Bertz CT molecular complexity index is 324. The number of hydrogen-bond donors (Lipinski definition) is 1. The molecule has 0 aliphatic rings. The van der Waals surface area contributed by atoms with E-state index in [2.05, 4.69) is 37.9 Å². The molecule has 0 amide bonds. The molecule has 0 aliphatic heterocycles. The van der Waals surface area contributed by atoms with E-state index in [1.165, 1.54) is 24.8 Å². The molecule has 0 bridgehead atoms. The zero-order valence-electron chi connectivity index (χ0n) is 11.3. The first-order valence-corrected chi connectivity index (χ1v) is 6.56. The third-order valence-electron chi connectivity index (χ3n) is 3.05. The second-order valence-electron chi connectivity index (χ2n) is 4.90. The first-order chi connectivity index (χ1) is 8.13. The average molecular weight is 235 g/mol. The Morgan fingerprint density at radius 3 is 2.71 bits per heavy atom. The molecule has 2 heteroatoms. The van der Waals surface area contributed by atoms with Crippen LogP contribution in [-0.2, 0) is 0 Å². The van der Waals surface area contributed by atoms with Gasteiger partial charge in [0.25, 0.3) is 0 Å². The second-order valence-corrected chi connectivity index (χ2v) is 4.90. The van der Waals surface area contributed by atoms with Gasteiger partial charge in [-0.3, -0.25) is 0 Å². The lowest BCUT2D eigenvalue weighted by Crippen LogP contribution is -2.25. The van der Waals surface area contributed by atoms with Crippen molar-refractivity contribution in [1.29, 1.82) is 0 Å². The molecule has 17 heavy (non-hydrogen) atoms. The van der Waals surface area contributed by atoms with E-state index in [9.17, 15) is 5.11 Å². The summed E-state index contributed by atoms with van der Waals surface area (Å²) in [6.45, 7) is 6.05. The third-order valence-corrected chi connectivity index (χ3v) is 3.05. The first kappa shape index (κ1) is 14.2. The van der Waals surface area contributed by atoms with Gasteiger partial charge in [-0.25, -0.2) is 0 Å². The molecule has 96 valence electrons. The van der Waals surface area contributed by atoms with Gasteiger partial charge in [0.2, 0.25) is 0 Å². The topological polar surface area (TPSA) is 23.5 Å². The van der Waals surface area contributed by atoms with Crippen LogP contribution in [0, 0.1) is 6.92 Å². The lowest BCUT2D eigenvalue weighted by atomic mass is 10.1. The Kier molecular flexibility index (Phi) is 6.23. The number of nitrogens with zero attached hydrogens (tertiary/aromatic N) is 1. The van der Waals surface area contributed by atoms with Gasteiger partial charge in [0.15, 0.2) is 0 Å². The molecule has 0 saturated heterocycles. The summed E-state index contributed by atoms with van der Waals surface area (Å²) in [6, 6.07) is 8.12. The predicted molar refractivity (Wildman–Crippen MR) is 73.2 cm³/mol. The fourth-order valence-corrected chi connectivity index (χ4v) is 2.00. The lowest BCUT2D eigenvalue weighted by molar-refractivity contribution is 0.126. The molecule has 0 spiro atoms. The normalized spacial score (nSPS) is 13.0. The van der Waals surface area contributed by atoms with Crippen LogP contribution >= 0.6 is 0 Å². The number of aliphatic hydroxyl groups excluding tert-OH is 1. The number of rotatable bonds is 7. The van der Waals surface area contributed by atoms with Crippen molar-refractivity contribution in [3.05, 3.63) is 35.4 Å². The van der Waals surface area contributed by atoms with E-state index in [-0.39, 0.29) is 6.10 Å². The number of hydrogen-bond acceptors (Lipinski definition) is 2. The van der Waals surface area contributed by atoms with Gasteiger partial charge in [-0.15, -0.1) is 0 Å². The van der Waals surface area contributed by atoms with Crippen molar-refractivity contribution in [2.75, 3.05) is 20.1 Å². The molecule has 1 rings (SSSR count). The summed E-state index contributed by atoms with van der Waals surface area (Å²) < 4.78 is 0. The van der Waals surface area contributed by atoms with Crippen LogP contribution in [0.25, 0.3) is 0 Å². The van der Waals surface area contributed by atoms with Gasteiger partial charge in [0.1, 0.15) is 0 Å². The fraction of sp³-hybridized carbons (Fsp3) is 0.600. The molecule has 1 atom stereocenters. The number of likely N-dealkylation sites (N-methyl/N-ethyl adjacent to an activating group) is 1. The highest BCUT2D eigenvalue weighted by atomic mass is 16.3. The molecule has 0 fully saturated rings. The lowest BCUT2D eigenvalue weighted by Gasteiger charge is -2.20. The Morgan fingerprint density at radius 2 is 2.06 bits per heavy atom. The van der Waals surface area contributed by atoms with Crippen molar-refractivity contribution < 1.29 is 5.11 Å². The Labute approximate surface area is 105 Å². The van der Waals surface area contributed by atoms with Crippen molar-refractivity contribution in [2.24, 2.45) is 0 Å². The van der Waals surface area contributed by atoms with Crippen LogP contribution in [0.1, 0.15) is 43.4 Å². The molecule has 0 aromatic heterocycles. The first-order valence-electron chi connectivity index (χ1n) is 6.56. The molecule has 1 aromatic rings. The summed E-state index contributed by atoms with van der Waals surface area (Å²) in [5.41, 5.74) is 2.22. The Hall–Kier alpha value is -0.860. The Balaban J connectivity index is 2.40. The van der Waals surface area contributed by atoms with Crippen LogP contribution in [0.3, 0.4) is 0 Å². The third kappa shape index (κ3) is 5.33. The highest BCUT2D eigenvalue weighted by Crippen LogP contribution is 2.15. The van der Waals surface area contributed by atoms with E-state index >= 15 is 0 Å². The minimum Gasteiger partial charge on any atom is -0.387 e. The van der Waals surface area contributed by atoms with Gasteiger partial charge in [-0.2, -0.15) is 0 Å². The molecule has 1 unspecified atom stereocenters. The summed E-state index contributed by atoms with van der Waals surface area (Å²) >= 11 is 0. The predicted octanol–water partition coefficient (Wildman–Crippen LogP) is 3.15. The van der Waals surface area contributed by atoms with Crippen molar-refractivity contribution in [3.8, 4) is 0 Å². The molecule has 0 heterocycles. The summed E-state index contributed by atoms with van der Waals surface area (Å²) in [7, 11) is 2.08. The van der Waals surface area contributed by atoms with Gasteiger partial charge in [0.05, 0.1) is 6.10 Å². The van der Waals surface area contributed by atoms with Gasteiger partial charge < -0.3 is 10.0 Å². The molecule has 1 N–H and O–H groups in total. The number of aliphatic hydroxyl groups is 1. The zero-order chi connectivity index (χ0) is 12.7. The van der Waals surface area contributed by atoms with E-state index in [0.29, 0.717) is 6.54 Å². The van der Waals surface area contributed by atoms with E-state index in [1.54, 1.807) is 0 Å². The van der Waals surface area contributed by atoms with Gasteiger partial charge in [-0.05, 0) is 32.5 Å². The quantitative estimate of drug-likeness (QED) is 0.734. The second kappa shape index (κ2) is 7.46. The minimum atomic E-state index is -0.374. The molecule has 0 aliphatic carbocycles. The maximum absolute atomic E-state index is 10.1. The van der Waals surface area contributed by atoms with Crippen molar-refractivity contribution in [2.45, 2.75) is 39.2 Å². The summed E-state index contributed by atoms with van der Waals surface area (Å²) in [5, 5.41) is 10.1. The maximum Gasteiger partial charge on any atom is 0.0916 e. The van der Waals surface area contributed by atoms with Crippen molar-refractivity contribution in [1.82, 2.24) is 4.90 Å². The van der Waals surface area contributed by atoms with Crippen molar-refractivity contribution in [3.63, 3.8) is 0 Å². The van der Waals surface area contributed by atoms with Gasteiger partial charge >= 0.3 is 0 Å².